The molecular weight excluding hydrogens is 340 g/mol. The lowest BCUT2D eigenvalue weighted by Crippen LogP contribution is -2.35. The molecule has 7 heteroatoms. The van der Waals surface area contributed by atoms with Gasteiger partial charge in [-0.05, 0) is 36.5 Å². The number of carbonyl (C=O) groups excluding carboxylic acids is 1. The van der Waals surface area contributed by atoms with Crippen LogP contribution in [0.25, 0.3) is 0 Å². The standard InChI is InChI=1S/C18H28N2O4S/c1-18(2,3)13-17(21)19-14-8-9-15(24-4)16(12-14)25(22,23)20-10-6-5-7-11-20/h8-9,12H,5-7,10-11,13H2,1-4H3,(H,19,21). The highest BCUT2D eigenvalue weighted by Gasteiger charge is 2.29. The number of ether oxygens (including phenoxy) is 1. The molecule has 1 aliphatic heterocycles. The molecule has 0 spiro atoms. The number of rotatable bonds is 5. The molecule has 25 heavy (non-hydrogen) atoms. The van der Waals surface area contributed by atoms with Crippen molar-refractivity contribution in [1.29, 1.82) is 0 Å². The molecule has 0 atom stereocenters. The highest BCUT2D eigenvalue weighted by atomic mass is 32.2. The number of benzene rings is 1. The minimum absolute atomic E-state index is 0.102. The van der Waals surface area contributed by atoms with Gasteiger partial charge in [0.25, 0.3) is 0 Å². The van der Waals surface area contributed by atoms with E-state index in [9.17, 15) is 13.2 Å². The van der Waals surface area contributed by atoms with Crippen molar-refractivity contribution < 1.29 is 17.9 Å². The number of nitrogens with zero attached hydrogens (tertiary/aromatic N) is 1. The van der Waals surface area contributed by atoms with Crippen LogP contribution in [0.15, 0.2) is 23.1 Å². The maximum absolute atomic E-state index is 13.0. The first-order valence-corrected chi connectivity index (χ1v) is 10.1. The Hall–Kier alpha value is -1.60. The maximum atomic E-state index is 13.0. The van der Waals surface area contributed by atoms with Crippen LogP contribution in [0.5, 0.6) is 5.75 Å². The number of methoxy groups -OCH3 is 1. The van der Waals surface area contributed by atoms with E-state index in [2.05, 4.69) is 5.32 Å². The van der Waals surface area contributed by atoms with E-state index in [4.69, 9.17) is 4.74 Å². The Morgan fingerprint density at radius 2 is 1.84 bits per heavy atom. The third-order valence-electron chi connectivity index (χ3n) is 4.07. The third kappa shape index (κ3) is 5.19. The first-order chi connectivity index (χ1) is 11.6. The zero-order valence-electron chi connectivity index (χ0n) is 15.5. The van der Waals surface area contributed by atoms with Crippen molar-refractivity contribution in [3.63, 3.8) is 0 Å². The number of amides is 1. The van der Waals surface area contributed by atoms with Gasteiger partial charge in [-0.25, -0.2) is 8.42 Å². The molecule has 1 aromatic carbocycles. The third-order valence-corrected chi connectivity index (χ3v) is 5.99. The average molecular weight is 368 g/mol. The summed E-state index contributed by atoms with van der Waals surface area (Å²) in [5.74, 6) is 0.151. The molecule has 0 aliphatic carbocycles. The highest BCUT2D eigenvalue weighted by molar-refractivity contribution is 7.89. The number of nitrogens with one attached hydrogen (secondary N) is 1. The summed E-state index contributed by atoms with van der Waals surface area (Å²) in [6.45, 7) is 6.98. The minimum Gasteiger partial charge on any atom is -0.495 e. The van der Waals surface area contributed by atoms with Gasteiger partial charge in [0, 0.05) is 25.2 Å². The molecule has 1 fully saturated rings. The second-order valence-electron chi connectivity index (χ2n) is 7.62. The van der Waals surface area contributed by atoms with Crippen molar-refractivity contribution in [1.82, 2.24) is 4.31 Å². The normalized spacial score (nSPS) is 16.5. The van der Waals surface area contributed by atoms with Gasteiger partial charge in [0.15, 0.2) is 0 Å². The van der Waals surface area contributed by atoms with E-state index in [1.165, 1.54) is 17.5 Å². The summed E-state index contributed by atoms with van der Waals surface area (Å²) >= 11 is 0. The molecule has 2 rings (SSSR count). The van der Waals surface area contributed by atoms with Crippen molar-refractivity contribution in [2.24, 2.45) is 5.41 Å². The van der Waals surface area contributed by atoms with E-state index in [1.807, 2.05) is 20.8 Å². The summed E-state index contributed by atoms with van der Waals surface area (Å²) in [7, 11) is -2.19. The van der Waals surface area contributed by atoms with Crippen LogP contribution in [-0.2, 0) is 14.8 Å². The Morgan fingerprint density at radius 1 is 1.20 bits per heavy atom. The van der Waals surface area contributed by atoms with E-state index >= 15 is 0 Å². The Labute approximate surface area is 150 Å². The smallest absolute Gasteiger partial charge is 0.246 e. The molecule has 1 N–H and O–H groups in total. The van der Waals surface area contributed by atoms with Crippen molar-refractivity contribution in [3.8, 4) is 5.75 Å². The lowest BCUT2D eigenvalue weighted by molar-refractivity contribution is -0.117. The van der Waals surface area contributed by atoms with Gasteiger partial charge in [0.2, 0.25) is 15.9 Å². The Bertz CT molecular complexity index is 717. The van der Waals surface area contributed by atoms with Crippen LogP contribution in [0.3, 0.4) is 0 Å². The molecule has 1 heterocycles. The van der Waals surface area contributed by atoms with E-state index in [0.717, 1.165) is 19.3 Å². The summed E-state index contributed by atoms with van der Waals surface area (Å²) in [6, 6.07) is 4.74. The van der Waals surface area contributed by atoms with Gasteiger partial charge in [-0.15, -0.1) is 0 Å². The van der Waals surface area contributed by atoms with Gasteiger partial charge in [0.05, 0.1) is 7.11 Å². The van der Waals surface area contributed by atoms with Crippen LogP contribution in [0.4, 0.5) is 5.69 Å². The maximum Gasteiger partial charge on any atom is 0.246 e. The van der Waals surface area contributed by atoms with Crippen LogP contribution in [-0.4, -0.2) is 38.8 Å². The first kappa shape index (κ1) is 19.7. The van der Waals surface area contributed by atoms with Crippen LogP contribution >= 0.6 is 0 Å². The average Bonchev–Trinajstić information content (AvgIpc) is 2.53. The number of hydrogen-bond donors (Lipinski definition) is 1. The Kier molecular flexibility index (Phi) is 6.11. The summed E-state index contributed by atoms with van der Waals surface area (Å²) < 4.78 is 32.7. The lowest BCUT2D eigenvalue weighted by Gasteiger charge is -2.26. The fourth-order valence-corrected chi connectivity index (χ4v) is 4.59. The van der Waals surface area contributed by atoms with Crippen LogP contribution in [0.2, 0.25) is 0 Å². The van der Waals surface area contributed by atoms with Crippen molar-refractivity contribution in [2.75, 3.05) is 25.5 Å². The number of sulfonamides is 1. The van der Waals surface area contributed by atoms with Crippen LogP contribution < -0.4 is 10.1 Å². The molecule has 1 aromatic rings. The zero-order chi connectivity index (χ0) is 18.7. The molecule has 0 radical (unpaired) electrons. The first-order valence-electron chi connectivity index (χ1n) is 8.61. The topological polar surface area (TPSA) is 75.7 Å². The van der Waals surface area contributed by atoms with Crippen LogP contribution in [0, 0.1) is 5.41 Å². The predicted octanol–water partition coefficient (Wildman–Crippen LogP) is 3.24. The van der Waals surface area contributed by atoms with Gasteiger partial charge in [-0.1, -0.05) is 27.2 Å². The monoisotopic (exact) mass is 368 g/mol. The number of carbonyl (C=O) groups is 1. The SMILES string of the molecule is COc1ccc(NC(=O)CC(C)(C)C)cc1S(=O)(=O)N1CCCCC1. The molecule has 0 saturated carbocycles. The summed E-state index contributed by atoms with van der Waals surface area (Å²) in [6.07, 6.45) is 3.13. The fraction of sp³-hybridized carbons (Fsp3) is 0.611. The van der Waals surface area contributed by atoms with Gasteiger partial charge >= 0.3 is 0 Å². The zero-order valence-corrected chi connectivity index (χ0v) is 16.3. The molecular formula is C18H28N2O4S. The molecule has 140 valence electrons. The van der Waals surface area contributed by atoms with E-state index in [1.54, 1.807) is 12.1 Å². The quantitative estimate of drug-likeness (QED) is 0.866. The summed E-state index contributed by atoms with van der Waals surface area (Å²) in [5.41, 5.74) is 0.324. The fourth-order valence-electron chi connectivity index (χ4n) is 2.89. The van der Waals surface area contributed by atoms with E-state index < -0.39 is 10.0 Å². The molecule has 0 unspecified atom stereocenters. The Morgan fingerprint density at radius 3 is 2.40 bits per heavy atom. The second kappa shape index (κ2) is 7.74. The summed E-state index contributed by atoms with van der Waals surface area (Å²) in [5, 5.41) is 2.79. The van der Waals surface area contributed by atoms with Gasteiger partial charge < -0.3 is 10.1 Å². The van der Waals surface area contributed by atoms with E-state index in [-0.39, 0.29) is 16.2 Å². The molecule has 6 nitrogen and oxygen atoms in total. The summed E-state index contributed by atoms with van der Waals surface area (Å²) in [4.78, 5) is 12.2. The second-order valence-corrected chi connectivity index (χ2v) is 9.52. The number of anilines is 1. The highest BCUT2D eigenvalue weighted by Crippen LogP contribution is 2.31. The molecule has 1 aliphatic rings. The van der Waals surface area contributed by atoms with E-state index in [0.29, 0.717) is 30.9 Å². The van der Waals surface area contributed by atoms with Gasteiger partial charge in [-0.2, -0.15) is 4.31 Å². The minimum atomic E-state index is -3.64. The number of hydrogen-bond acceptors (Lipinski definition) is 4. The predicted molar refractivity (Wildman–Crippen MR) is 98.3 cm³/mol. The molecule has 1 amide bonds. The molecule has 0 aromatic heterocycles. The molecule has 1 saturated heterocycles. The molecule has 0 bridgehead atoms. The number of piperidine rings is 1. The van der Waals surface area contributed by atoms with Crippen molar-refractivity contribution >= 4 is 21.6 Å². The largest absolute Gasteiger partial charge is 0.495 e. The van der Waals surface area contributed by atoms with Crippen LogP contribution in [0.1, 0.15) is 46.5 Å². The van der Waals surface area contributed by atoms with Gasteiger partial charge in [-0.3, -0.25) is 4.79 Å². The van der Waals surface area contributed by atoms with Crippen molar-refractivity contribution in [2.45, 2.75) is 51.3 Å². The van der Waals surface area contributed by atoms with Gasteiger partial charge in [0.1, 0.15) is 10.6 Å². The Balaban J connectivity index is 2.29. The lowest BCUT2D eigenvalue weighted by atomic mass is 9.92. The van der Waals surface area contributed by atoms with Crippen molar-refractivity contribution in [3.05, 3.63) is 18.2 Å².